The summed E-state index contributed by atoms with van der Waals surface area (Å²) >= 11 is 0. The standard InChI is InChI=1S/C16H16F2O/c1-16(2)9-12(7-15(19)10-16)4-3-11-5-13(17)8-14(18)6-11/h3-8H,9-10H2,1-2H3. The van der Waals surface area contributed by atoms with Crippen LogP contribution in [0.25, 0.3) is 6.08 Å². The van der Waals surface area contributed by atoms with Crippen molar-refractivity contribution in [2.45, 2.75) is 26.7 Å². The van der Waals surface area contributed by atoms with E-state index in [1.54, 1.807) is 18.2 Å². The van der Waals surface area contributed by atoms with Crippen LogP contribution in [0.5, 0.6) is 0 Å². The summed E-state index contributed by atoms with van der Waals surface area (Å²) in [5.74, 6) is -1.11. The van der Waals surface area contributed by atoms with Crippen LogP contribution in [0, 0.1) is 17.0 Å². The highest BCUT2D eigenvalue weighted by Crippen LogP contribution is 2.34. The number of halogens is 2. The van der Waals surface area contributed by atoms with E-state index < -0.39 is 11.6 Å². The lowest BCUT2D eigenvalue weighted by atomic mass is 9.77. The minimum absolute atomic E-state index is 0.0569. The summed E-state index contributed by atoms with van der Waals surface area (Å²) < 4.78 is 26.1. The average molecular weight is 262 g/mol. The zero-order chi connectivity index (χ0) is 14.0. The van der Waals surface area contributed by atoms with Crippen LogP contribution in [-0.4, -0.2) is 5.78 Å². The third-order valence-electron chi connectivity index (χ3n) is 3.06. The number of hydrogen-bond donors (Lipinski definition) is 0. The van der Waals surface area contributed by atoms with E-state index in [0.717, 1.165) is 18.1 Å². The van der Waals surface area contributed by atoms with Crippen molar-refractivity contribution in [3.8, 4) is 0 Å². The monoisotopic (exact) mass is 262 g/mol. The van der Waals surface area contributed by atoms with E-state index in [0.29, 0.717) is 12.0 Å². The third kappa shape index (κ3) is 3.85. The lowest BCUT2D eigenvalue weighted by Crippen LogP contribution is -2.21. The summed E-state index contributed by atoms with van der Waals surface area (Å²) in [6.45, 7) is 4.07. The molecule has 0 unspecified atom stereocenters. The van der Waals surface area contributed by atoms with Crippen molar-refractivity contribution in [2.24, 2.45) is 5.41 Å². The van der Waals surface area contributed by atoms with E-state index in [2.05, 4.69) is 0 Å². The van der Waals surface area contributed by atoms with Crippen LogP contribution in [0.3, 0.4) is 0 Å². The van der Waals surface area contributed by atoms with Gasteiger partial charge in [0.15, 0.2) is 5.78 Å². The van der Waals surface area contributed by atoms with Crippen molar-refractivity contribution in [2.75, 3.05) is 0 Å². The molecule has 1 aliphatic carbocycles. The minimum atomic E-state index is -0.603. The molecule has 0 saturated heterocycles. The van der Waals surface area contributed by atoms with E-state index >= 15 is 0 Å². The maximum absolute atomic E-state index is 13.0. The second-order valence-electron chi connectivity index (χ2n) is 5.74. The first-order valence-corrected chi connectivity index (χ1v) is 6.22. The van der Waals surface area contributed by atoms with Gasteiger partial charge in [-0.05, 0) is 41.2 Å². The number of benzene rings is 1. The normalized spacial score (nSPS) is 18.7. The van der Waals surface area contributed by atoms with Gasteiger partial charge in [0.05, 0.1) is 0 Å². The number of hydrogen-bond acceptors (Lipinski definition) is 1. The number of rotatable bonds is 2. The fourth-order valence-electron chi connectivity index (χ4n) is 2.38. The highest BCUT2D eigenvalue weighted by atomic mass is 19.1. The Morgan fingerprint density at radius 3 is 2.26 bits per heavy atom. The Kier molecular flexibility index (Phi) is 3.65. The molecule has 0 saturated carbocycles. The lowest BCUT2D eigenvalue weighted by Gasteiger charge is -2.27. The number of allylic oxidation sites excluding steroid dienone is 3. The van der Waals surface area contributed by atoms with Crippen molar-refractivity contribution in [1.29, 1.82) is 0 Å². The second kappa shape index (κ2) is 5.08. The fraction of sp³-hybridized carbons (Fsp3) is 0.312. The summed E-state index contributed by atoms with van der Waals surface area (Å²) in [5.41, 5.74) is 1.29. The van der Waals surface area contributed by atoms with Crippen LogP contribution in [0.4, 0.5) is 8.78 Å². The van der Waals surface area contributed by atoms with E-state index in [9.17, 15) is 13.6 Å². The van der Waals surface area contributed by atoms with Gasteiger partial charge >= 0.3 is 0 Å². The molecular weight excluding hydrogens is 246 g/mol. The topological polar surface area (TPSA) is 17.1 Å². The quantitative estimate of drug-likeness (QED) is 0.777. The van der Waals surface area contributed by atoms with Gasteiger partial charge in [-0.25, -0.2) is 8.78 Å². The molecule has 1 nitrogen and oxygen atoms in total. The molecule has 100 valence electrons. The molecule has 0 spiro atoms. The van der Waals surface area contributed by atoms with Crippen LogP contribution in [0.1, 0.15) is 32.3 Å². The number of carbonyl (C=O) groups is 1. The molecule has 0 heterocycles. The zero-order valence-corrected chi connectivity index (χ0v) is 11.0. The first-order chi connectivity index (χ1) is 8.84. The van der Waals surface area contributed by atoms with Gasteiger partial charge in [-0.15, -0.1) is 0 Å². The Morgan fingerprint density at radius 2 is 1.68 bits per heavy atom. The van der Waals surface area contributed by atoms with Gasteiger partial charge in [0.25, 0.3) is 0 Å². The molecule has 0 N–H and O–H groups in total. The first-order valence-electron chi connectivity index (χ1n) is 6.22. The maximum atomic E-state index is 13.0. The summed E-state index contributed by atoms with van der Waals surface area (Å²) in [6, 6.07) is 3.36. The zero-order valence-electron chi connectivity index (χ0n) is 11.0. The van der Waals surface area contributed by atoms with Crippen molar-refractivity contribution in [1.82, 2.24) is 0 Å². The summed E-state index contributed by atoms with van der Waals surface area (Å²) in [7, 11) is 0. The van der Waals surface area contributed by atoms with E-state index in [1.807, 2.05) is 13.8 Å². The smallest absolute Gasteiger partial charge is 0.156 e. The summed E-state index contributed by atoms with van der Waals surface area (Å²) in [6.07, 6.45) is 6.32. The predicted octanol–water partition coefficient (Wildman–Crippen LogP) is 4.29. The molecule has 1 aromatic rings. The van der Waals surface area contributed by atoms with Crippen molar-refractivity contribution < 1.29 is 13.6 Å². The van der Waals surface area contributed by atoms with Gasteiger partial charge in [0.2, 0.25) is 0 Å². The number of carbonyl (C=O) groups excluding carboxylic acids is 1. The van der Waals surface area contributed by atoms with E-state index in [-0.39, 0.29) is 11.2 Å². The molecule has 0 bridgehead atoms. The van der Waals surface area contributed by atoms with Crippen molar-refractivity contribution >= 4 is 11.9 Å². The molecule has 2 rings (SSSR count). The Morgan fingerprint density at radius 1 is 1.05 bits per heavy atom. The maximum Gasteiger partial charge on any atom is 0.156 e. The molecule has 19 heavy (non-hydrogen) atoms. The molecule has 3 heteroatoms. The van der Waals surface area contributed by atoms with Crippen LogP contribution < -0.4 is 0 Å². The van der Waals surface area contributed by atoms with Gasteiger partial charge in [0.1, 0.15) is 11.6 Å². The van der Waals surface area contributed by atoms with E-state index in [4.69, 9.17) is 0 Å². The molecule has 1 aliphatic rings. The second-order valence-corrected chi connectivity index (χ2v) is 5.74. The number of ketones is 1. The molecular formula is C16H16F2O. The molecule has 0 atom stereocenters. The van der Waals surface area contributed by atoms with Gasteiger partial charge in [-0.1, -0.05) is 26.0 Å². The largest absolute Gasteiger partial charge is 0.295 e. The Hall–Kier alpha value is -1.77. The average Bonchev–Trinajstić information content (AvgIpc) is 2.22. The Balaban J connectivity index is 2.20. The molecule has 0 fully saturated rings. The first kappa shape index (κ1) is 13.7. The highest BCUT2D eigenvalue weighted by Gasteiger charge is 2.26. The van der Waals surface area contributed by atoms with Crippen LogP contribution in [-0.2, 0) is 4.79 Å². The highest BCUT2D eigenvalue weighted by molar-refractivity contribution is 5.92. The fourth-order valence-corrected chi connectivity index (χ4v) is 2.38. The third-order valence-corrected chi connectivity index (χ3v) is 3.06. The van der Waals surface area contributed by atoms with Gasteiger partial charge in [0, 0.05) is 12.5 Å². The lowest BCUT2D eigenvalue weighted by molar-refractivity contribution is -0.116. The molecule has 0 amide bonds. The van der Waals surface area contributed by atoms with Crippen LogP contribution in [0.2, 0.25) is 0 Å². The SMILES string of the molecule is CC1(C)CC(=O)C=C(C=Cc2cc(F)cc(F)c2)C1. The van der Waals surface area contributed by atoms with Gasteiger partial charge in [-0.2, -0.15) is 0 Å². The van der Waals surface area contributed by atoms with Gasteiger partial charge in [-0.3, -0.25) is 4.79 Å². The Labute approximate surface area is 111 Å². The summed E-state index contributed by atoms with van der Waals surface area (Å²) in [4.78, 5) is 11.6. The summed E-state index contributed by atoms with van der Waals surface area (Å²) in [5, 5.41) is 0. The molecule has 0 aliphatic heterocycles. The van der Waals surface area contributed by atoms with Crippen molar-refractivity contribution in [3.63, 3.8) is 0 Å². The van der Waals surface area contributed by atoms with E-state index in [1.165, 1.54) is 12.1 Å². The minimum Gasteiger partial charge on any atom is -0.295 e. The molecule has 1 aromatic carbocycles. The molecule has 0 aromatic heterocycles. The van der Waals surface area contributed by atoms with Crippen LogP contribution in [0.15, 0.2) is 35.9 Å². The Bertz CT molecular complexity index is 548. The van der Waals surface area contributed by atoms with Crippen LogP contribution >= 0.6 is 0 Å². The molecule has 0 radical (unpaired) electrons. The van der Waals surface area contributed by atoms with Crippen molar-refractivity contribution in [3.05, 3.63) is 53.1 Å². The predicted molar refractivity (Wildman–Crippen MR) is 71.5 cm³/mol. The van der Waals surface area contributed by atoms with Gasteiger partial charge < -0.3 is 0 Å².